The van der Waals surface area contributed by atoms with Gasteiger partial charge in [-0.25, -0.2) is 0 Å². The van der Waals surface area contributed by atoms with E-state index in [1.165, 1.54) is 6.07 Å². The van der Waals surface area contributed by atoms with Gasteiger partial charge in [0.05, 0.1) is 22.6 Å². The van der Waals surface area contributed by atoms with Gasteiger partial charge in [-0.15, -0.1) is 0 Å². The third kappa shape index (κ3) is 2.43. The number of fused-ring (bicyclic) bond motifs is 2. The number of carbonyl (C=O) groups is 1. The van der Waals surface area contributed by atoms with E-state index in [1.807, 2.05) is 24.3 Å². The van der Waals surface area contributed by atoms with Crippen LogP contribution < -0.4 is 5.32 Å². The average Bonchev–Trinajstić information content (AvgIpc) is 3.09. The van der Waals surface area contributed by atoms with Crippen LogP contribution in [0.25, 0.3) is 11.0 Å². The predicted octanol–water partition coefficient (Wildman–Crippen LogP) is 2.30. The molecule has 1 amide bonds. The second kappa shape index (κ2) is 5.97. The predicted molar refractivity (Wildman–Crippen MR) is 86.7 cm³/mol. The van der Waals surface area contributed by atoms with Crippen LogP contribution in [0, 0.1) is 10.1 Å². The molecule has 3 aromatic rings. The van der Waals surface area contributed by atoms with Crippen molar-refractivity contribution in [2.75, 3.05) is 5.32 Å². The molecule has 0 bridgehead atoms. The summed E-state index contributed by atoms with van der Waals surface area (Å²) in [5.41, 5.74) is 2.78. The molecular weight excluding hydrogens is 327 g/mol. The molecule has 1 aliphatic rings. The molecule has 0 spiro atoms. The van der Waals surface area contributed by atoms with Gasteiger partial charge in [0.1, 0.15) is 5.52 Å². The number of benzene rings is 2. The van der Waals surface area contributed by atoms with Crippen LogP contribution in [-0.2, 0) is 4.79 Å². The molecule has 1 atom stereocenters. The van der Waals surface area contributed by atoms with Gasteiger partial charge in [-0.3, -0.25) is 14.9 Å². The Kier molecular flexibility index (Phi) is 4.15. The number of nitro groups is 1. The third-order valence-electron chi connectivity index (χ3n) is 3.72. The summed E-state index contributed by atoms with van der Waals surface area (Å²) in [6.07, 6.45) is 0. The Morgan fingerprint density at radius 1 is 1.09 bits per heavy atom. The molecule has 9 heteroatoms. The van der Waals surface area contributed by atoms with Crippen molar-refractivity contribution in [1.82, 2.24) is 8.75 Å². The standard InChI is InChI=1S/C14H8N4O3S.Na/c19-14-11(7-3-1-2-4-9(7)15-14)8-5-6-10(18(20)21)13-12(8)16-22-17-13;/h1-6,11H,(H,15,19);. The number of non-ortho nitro benzene ring substituents is 1. The molecule has 0 fully saturated rings. The zero-order valence-corrected chi connectivity index (χ0v) is 14.8. The monoisotopic (exact) mass is 335 g/mol. The van der Waals surface area contributed by atoms with Crippen molar-refractivity contribution < 1.29 is 9.72 Å². The normalized spacial score (nSPS) is 15.8. The van der Waals surface area contributed by atoms with E-state index < -0.39 is 10.8 Å². The SMILES string of the molecule is O=C1Nc2ccccc2C1c1ccc([N+](=O)[O-])c2nsnc12.[Na]. The first-order valence-electron chi connectivity index (χ1n) is 6.46. The third-order valence-corrected chi connectivity index (χ3v) is 4.25. The molecule has 4 rings (SSSR count). The minimum atomic E-state index is -0.525. The molecule has 0 saturated heterocycles. The Morgan fingerprint density at radius 3 is 2.61 bits per heavy atom. The summed E-state index contributed by atoms with van der Waals surface area (Å²) < 4.78 is 8.17. The van der Waals surface area contributed by atoms with Crippen molar-refractivity contribution >= 4 is 69.6 Å². The van der Waals surface area contributed by atoms with Crippen LogP contribution in [0.4, 0.5) is 11.4 Å². The molecule has 109 valence electrons. The maximum absolute atomic E-state index is 12.3. The molecule has 1 radical (unpaired) electrons. The van der Waals surface area contributed by atoms with Crippen LogP contribution in [0.15, 0.2) is 36.4 Å². The van der Waals surface area contributed by atoms with Gasteiger partial charge in [-0.2, -0.15) is 8.75 Å². The Bertz CT molecular complexity index is 943. The van der Waals surface area contributed by atoms with Crippen LogP contribution in [0.3, 0.4) is 0 Å². The molecule has 1 aromatic heterocycles. The smallest absolute Gasteiger partial charge is 0.298 e. The molecule has 1 unspecified atom stereocenters. The number of anilines is 1. The fourth-order valence-electron chi connectivity index (χ4n) is 2.77. The Hall–Kier alpha value is -1.87. The van der Waals surface area contributed by atoms with Crippen molar-refractivity contribution in [2.45, 2.75) is 5.92 Å². The number of carbonyl (C=O) groups excluding carboxylic acids is 1. The maximum Gasteiger partial charge on any atom is 0.298 e. The summed E-state index contributed by atoms with van der Waals surface area (Å²) in [6, 6.07) is 10.4. The van der Waals surface area contributed by atoms with Gasteiger partial charge in [0.2, 0.25) is 5.91 Å². The molecule has 2 aromatic carbocycles. The molecule has 1 N–H and O–H groups in total. The van der Waals surface area contributed by atoms with E-state index in [1.54, 1.807) is 6.07 Å². The molecule has 0 aliphatic carbocycles. The summed E-state index contributed by atoms with van der Waals surface area (Å²) >= 11 is 0.904. The first-order chi connectivity index (χ1) is 10.7. The van der Waals surface area contributed by atoms with E-state index in [0.717, 1.165) is 23.0 Å². The van der Waals surface area contributed by atoms with E-state index in [4.69, 9.17) is 0 Å². The van der Waals surface area contributed by atoms with Gasteiger partial charge in [0.25, 0.3) is 5.69 Å². The summed E-state index contributed by atoms with van der Waals surface area (Å²) in [5, 5.41) is 13.9. The van der Waals surface area contributed by atoms with Gasteiger partial charge in [-0.05, 0) is 23.3 Å². The van der Waals surface area contributed by atoms with Crippen molar-refractivity contribution in [2.24, 2.45) is 0 Å². The van der Waals surface area contributed by atoms with Crippen LogP contribution in [0.2, 0.25) is 0 Å². The number of rotatable bonds is 2. The Balaban J connectivity index is 0.00000156. The Labute approximate surface area is 156 Å². The fourth-order valence-corrected chi connectivity index (χ4v) is 3.35. The van der Waals surface area contributed by atoms with Gasteiger partial charge >= 0.3 is 0 Å². The van der Waals surface area contributed by atoms with E-state index in [-0.39, 0.29) is 46.7 Å². The van der Waals surface area contributed by atoms with Crippen molar-refractivity contribution in [3.05, 3.63) is 57.6 Å². The zero-order chi connectivity index (χ0) is 15.3. The molecule has 1 aliphatic heterocycles. The molecule has 7 nitrogen and oxygen atoms in total. The quantitative estimate of drug-likeness (QED) is 0.440. The molecule has 2 heterocycles. The second-order valence-electron chi connectivity index (χ2n) is 4.90. The van der Waals surface area contributed by atoms with Crippen molar-refractivity contribution in [1.29, 1.82) is 0 Å². The zero-order valence-electron chi connectivity index (χ0n) is 12.0. The second-order valence-corrected chi connectivity index (χ2v) is 5.43. The van der Waals surface area contributed by atoms with E-state index in [2.05, 4.69) is 14.1 Å². The number of hydrogen-bond donors (Lipinski definition) is 1. The number of para-hydroxylation sites is 1. The van der Waals surface area contributed by atoms with Crippen LogP contribution >= 0.6 is 11.7 Å². The maximum atomic E-state index is 12.3. The van der Waals surface area contributed by atoms with Crippen LogP contribution in [-0.4, -0.2) is 49.1 Å². The van der Waals surface area contributed by atoms with Crippen LogP contribution in [0.1, 0.15) is 17.0 Å². The van der Waals surface area contributed by atoms with E-state index >= 15 is 0 Å². The van der Waals surface area contributed by atoms with Gasteiger partial charge in [0, 0.05) is 41.3 Å². The summed E-state index contributed by atoms with van der Waals surface area (Å²) in [7, 11) is 0. The summed E-state index contributed by atoms with van der Waals surface area (Å²) in [5.74, 6) is -0.687. The molecule has 0 saturated carbocycles. The largest absolute Gasteiger partial charge is 0.325 e. The number of nitrogens with zero attached hydrogens (tertiary/aromatic N) is 3. The topological polar surface area (TPSA) is 98.0 Å². The number of amides is 1. The Morgan fingerprint density at radius 2 is 1.83 bits per heavy atom. The minimum absolute atomic E-state index is 0. The number of hydrogen-bond acceptors (Lipinski definition) is 6. The van der Waals surface area contributed by atoms with Gasteiger partial charge in [-0.1, -0.05) is 18.2 Å². The van der Waals surface area contributed by atoms with Crippen molar-refractivity contribution in [3.8, 4) is 0 Å². The minimum Gasteiger partial charge on any atom is -0.325 e. The summed E-state index contributed by atoms with van der Waals surface area (Å²) in [6.45, 7) is 0. The number of nitrogens with one attached hydrogen (secondary N) is 1. The first-order valence-corrected chi connectivity index (χ1v) is 7.19. The van der Waals surface area contributed by atoms with Gasteiger partial charge in [0.15, 0.2) is 5.52 Å². The van der Waals surface area contributed by atoms with E-state index in [9.17, 15) is 14.9 Å². The van der Waals surface area contributed by atoms with Crippen molar-refractivity contribution in [3.63, 3.8) is 0 Å². The van der Waals surface area contributed by atoms with Crippen LogP contribution in [0.5, 0.6) is 0 Å². The summed E-state index contributed by atoms with van der Waals surface area (Å²) in [4.78, 5) is 22.9. The first kappa shape index (κ1) is 16.0. The molecular formula is C14H8N4NaO3S. The van der Waals surface area contributed by atoms with Gasteiger partial charge < -0.3 is 5.32 Å². The van der Waals surface area contributed by atoms with E-state index in [0.29, 0.717) is 11.1 Å². The fraction of sp³-hybridized carbons (Fsp3) is 0.0714. The number of nitro benzene ring substituents is 1. The number of aromatic nitrogens is 2. The molecule has 23 heavy (non-hydrogen) atoms. The average molecular weight is 335 g/mol.